The topological polar surface area (TPSA) is 56.1 Å². The van der Waals surface area contributed by atoms with Crippen LogP contribution in [0.2, 0.25) is 5.02 Å². The van der Waals surface area contributed by atoms with Gasteiger partial charge < -0.3 is 14.6 Å². The van der Waals surface area contributed by atoms with Gasteiger partial charge in [0.2, 0.25) is 5.91 Å². The van der Waals surface area contributed by atoms with E-state index in [1.165, 1.54) is 0 Å². The van der Waals surface area contributed by atoms with Crippen molar-refractivity contribution >= 4 is 28.5 Å². The van der Waals surface area contributed by atoms with Gasteiger partial charge in [0.1, 0.15) is 11.6 Å². The van der Waals surface area contributed by atoms with Crippen LogP contribution in [0.5, 0.6) is 5.75 Å². The number of methoxy groups -OCH3 is 1. The molecule has 0 atom stereocenters. The molecule has 1 N–H and O–H groups in total. The molecule has 124 valence electrons. The van der Waals surface area contributed by atoms with E-state index in [1.807, 2.05) is 35.9 Å². The van der Waals surface area contributed by atoms with E-state index in [0.717, 1.165) is 22.4 Å². The lowest BCUT2D eigenvalue weighted by Crippen LogP contribution is -2.26. The third kappa shape index (κ3) is 3.36. The highest BCUT2D eigenvalue weighted by molar-refractivity contribution is 6.30. The number of ether oxygens (including phenoxy) is 1. The summed E-state index contributed by atoms with van der Waals surface area (Å²) < 4.78 is 7.25. The second-order valence-corrected chi connectivity index (χ2v) is 5.92. The van der Waals surface area contributed by atoms with Gasteiger partial charge in [-0.05, 0) is 30.3 Å². The first-order valence-electron chi connectivity index (χ1n) is 7.58. The third-order valence-corrected chi connectivity index (χ3v) is 4.15. The fourth-order valence-corrected chi connectivity index (χ4v) is 2.85. The molecule has 0 aliphatic rings. The highest BCUT2D eigenvalue weighted by Gasteiger charge is 2.12. The van der Waals surface area contributed by atoms with Crippen LogP contribution in [-0.2, 0) is 24.8 Å². The number of aryl methyl sites for hydroxylation is 1. The van der Waals surface area contributed by atoms with Gasteiger partial charge in [0.05, 0.1) is 31.1 Å². The van der Waals surface area contributed by atoms with E-state index >= 15 is 0 Å². The zero-order valence-electron chi connectivity index (χ0n) is 13.5. The number of amides is 1. The summed E-state index contributed by atoms with van der Waals surface area (Å²) in [7, 11) is 3.51. The highest BCUT2D eigenvalue weighted by Crippen LogP contribution is 2.23. The molecule has 6 heteroatoms. The Labute approximate surface area is 145 Å². The zero-order chi connectivity index (χ0) is 17.1. The SMILES string of the molecule is COc1ccc(Cl)cc1CC(=O)NCc1nc2ccccc2n1C. The second kappa shape index (κ2) is 6.93. The van der Waals surface area contributed by atoms with E-state index in [4.69, 9.17) is 16.3 Å². The Morgan fingerprint density at radius 1 is 1.29 bits per heavy atom. The van der Waals surface area contributed by atoms with Gasteiger partial charge in [-0.2, -0.15) is 0 Å². The number of para-hydroxylation sites is 2. The maximum Gasteiger partial charge on any atom is 0.224 e. The summed E-state index contributed by atoms with van der Waals surface area (Å²) in [6.07, 6.45) is 0.202. The molecular formula is C18H18ClN3O2. The first kappa shape index (κ1) is 16.3. The van der Waals surface area contributed by atoms with Crippen LogP contribution in [0, 0.1) is 0 Å². The Kier molecular flexibility index (Phi) is 4.71. The van der Waals surface area contributed by atoms with Crippen molar-refractivity contribution in [1.29, 1.82) is 0 Å². The first-order chi connectivity index (χ1) is 11.6. The largest absolute Gasteiger partial charge is 0.496 e. The van der Waals surface area contributed by atoms with Crippen LogP contribution >= 0.6 is 11.6 Å². The van der Waals surface area contributed by atoms with Gasteiger partial charge in [-0.15, -0.1) is 0 Å². The number of rotatable bonds is 5. The number of hydrogen-bond donors (Lipinski definition) is 1. The van der Waals surface area contributed by atoms with Crippen molar-refractivity contribution in [2.75, 3.05) is 7.11 Å². The molecule has 3 aromatic rings. The zero-order valence-corrected chi connectivity index (χ0v) is 14.3. The van der Waals surface area contributed by atoms with Crippen LogP contribution in [0.15, 0.2) is 42.5 Å². The molecule has 0 radical (unpaired) electrons. The Hall–Kier alpha value is -2.53. The molecule has 0 saturated heterocycles. The quantitative estimate of drug-likeness (QED) is 0.774. The summed E-state index contributed by atoms with van der Waals surface area (Å²) in [6, 6.07) is 13.1. The van der Waals surface area contributed by atoms with Crippen molar-refractivity contribution in [1.82, 2.24) is 14.9 Å². The minimum Gasteiger partial charge on any atom is -0.496 e. The minimum absolute atomic E-state index is 0.109. The highest BCUT2D eigenvalue weighted by atomic mass is 35.5. The number of fused-ring (bicyclic) bond motifs is 1. The standard InChI is InChI=1S/C18H18ClN3O2/c1-22-15-6-4-3-5-14(15)21-17(22)11-20-18(23)10-12-9-13(19)7-8-16(12)24-2/h3-9H,10-11H2,1-2H3,(H,20,23). The van der Waals surface area contributed by atoms with Crippen molar-refractivity contribution < 1.29 is 9.53 Å². The molecule has 0 saturated carbocycles. The normalized spacial score (nSPS) is 10.8. The molecule has 0 fully saturated rings. The Morgan fingerprint density at radius 3 is 2.83 bits per heavy atom. The van der Waals surface area contributed by atoms with Crippen LogP contribution in [0.3, 0.4) is 0 Å². The van der Waals surface area contributed by atoms with Crippen molar-refractivity contribution in [2.24, 2.45) is 7.05 Å². The van der Waals surface area contributed by atoms with E-state index in [0.29, 0.717) is 17.3 Å². The summed E-state index contributed by atoms with van der Waals surface area (Å²) in [6.45, 7) is 0.368. The maximum atomic E-state index is 12.2. The van der Waals surface area contributed by atoms with Crippen LogP contribution in [0.25, 0.3) is 11.0 Å². The predicted molar refractivity (Wildman–Crippen MR) is 94.3 cm³/mol. The molecule has 0 aliphatic carbocycles. The van der Waals surface area contributed by atoms with Gasteiger partial charge in [0.25, 0.3) is 0 Å². The van der Waals surface area contributed by atoms with Gasteiger partial charge in [-0.25, -0.2) is 4.98 Å². The van der Waals surface area contributed by atoms with Crippen molar-refractivity contribution in [2.45, 2.75) is 13.0 Å². The van der Waals surface area contributed by atoms with E-state index in [2.05, 4.69) is 10.3 Å². The Bertz CT molecular complexity index is 889. The van der Waals surface area contributed by atoms with Gasteiger partial charge >= 0.3 is 0 Å². The lowest BCUT2D eigenvalue weighted by Gasteiger charge is -2.09. The first-order valence-corrected chi connectivity index (χ1v) is 7.95. The van der Waals surface area contributed by atoms with E-state index in [9.17, 15) is 4.79 Å². The number of benzene rings is 2. The Morgan fingerprint density at radius 2 is 2.08 bits per heavy atom. The van der Waals surface area contributed by atoms with Crippen LogP contribution in [0.1, 0.15) is 11.4 Å². The number of hydrogen-bond acceptors (Lipinski definition) is 3. The fraction of sp³-hybridized carbons (Fsp3) is 0.222. The molecule has 0 spiro atoms. The molecule has 24 heavy (non-hydrogen) atoms. The lowest BCUT2D eigenvalue weighted by molar-refractivity contribution is -0.120. The monoisotopic (exact) mass is 343 g/mol. The molecule has 2 aromatic carbocycles. The summed E-state index contributed by atoms with van der Waals surface area (Å²) in [5.41, 5.74) is 2.71. The average molecular weight is 344 g/mol. The molecule has 0 bridgehead atoms. The van der Waals surface area contributed by atoms with Crippen molar-refractivity contribution in [3.05, 3.63) is 58.9 Å². The number of nitrogens with zero attached hydrogens (tertiary/aromatic N) is 2. The molecule has 1 aromatic heterocycles. The number of nitrogens with one attached hydrogen (secondary N) is 1. The average Bonchev–Trinajstić information content (AvgIpc) is 2.90. The van der Waals surface area contributed by atoms with Gasteiger partial charge in [0.15, 0.2) is 0 Å². The number of carbonyl (C=O) groups is 1. The molecule has 0 aliphatic heterocycles. The summed E-state index contributed by atoms with van der Waals surface area (Å²) in [5, 5.41) is 3.48. The molecule has 5 nitrogen and oxygen atoms in total. The number of halogens is 1. The molecule has 1 heterocycles. The third-order valence-electron chi connectivity index (χ3n) is 3.92. The van der Waals surface area contributed by atoms with Crippen LogP contribution < -0.4 is 10.1 Å². The van der Waals surface area contributed by atoms with Gasteiger partial charge in [-0.3, -0.25) is 4.79 Å². The fourth-order valence-electron chi connectivity index (χ4n) is 2.65. The maximum absolute atomic E-state index is 12.2. The number of aromatic nitrogens is 2. The smallest absolute Gasteiger partial charge is 0.224 e. The molecular weight excluding hydrogens is 326 g/mol. The van der Waals surface area contributed by atoms with Gasteiger partial charge in [0, 0.05) is 17.6 Å². The van der Waals surface area contributed by atoms with Crippen LogP contribution in [-0.4, -0.2) is 22.6 Å². The van der Waals surface area contributed by atoms with Gasteiger partial charge in [-0.1, -0.05) is 23.7 Å². The molecule has 3 rings (SSSR count). The number of carbonyl (C=O) groups excluding carboxylic acids is 1. The van der Waals surface area contributed by atoms with Crippen molar-refractivity contribution in [3.63, 3.8) is 0 Å². The summed E-state index contributed by atoms with van der Waals surface area (Å²) in [5.74, 6) is 1.35. The Balaban J connectivity index is 1.69. The summed E-state index contributed by atoms with van der Waals surface area (Å²) >= 11 is 6.00. The summed E-state index contributed by atoms with van der Waals surface area (Å²) in [4.78, 5) is 16.8. The lowest BCUT2D eigenvalue weighted by atomic mass is 10.1. The van der Waals surface area contributed by atoms with E-state index in [-0.39, 0.29) is 12.3 Å². The van der Waals surface area contributed by atoms with Crippen molar-refractivity contribution in [3.8, 4) is 5.75 Å². The van der Waals surface area contributed by atoms with Crippen LogP contribution in [0.4, 0.5) is 0 Å². The minimum atomic E-state index is -0.109. The molecule has 1 amide bonds. The number of imidazole rings is 1. The molecule has 0 unspecified atom stereocenters. The van der Waals surface area contributed by atoms with E-state index < -0.39 is 0 Å². The second-order valence-electron chi connectivity index (χ2n) is 5.49. The van der Waals surface area contributed by atoms with E-state index in [1.54, 1.807) is 25.3 Å². The predicted octanol–water partition coefficient (Wildman–Crippen LogP) is 3.09.